The summed E-state index contributed by atoms with van der Waals surface area (Å²) in [4.78, 5) is 14.7. The highest BCUT2D eigenvalue weighted by molar-refractivity contribution is 6.31. The highest BCUT2D eigenvalue weighted by atomic mass is 35.5. The van der Waals surface area contributed by atoms with Gasteiger partial charge >= 0.3 is 0 Å². The number of amides is 1. The van der Waals surface area contributed by atoms with E-state index in [1.807, 2.05) is 32.0 Å². The number of carbonyl (C=O) groups is 1. The number of hydrogen-bond donors (Lipinski definition) is 0. The Morgan fingerprint density at radius 3 is 2.57 bits per heavy atom. The van der Waals surface area contributed by atoms with Crippen LogP contribution in [0.2, 0.25) is 5.02 Å². The molecular formula is C19H19ClFNO. The van der Waals surface area contributed by atoms with E-state index in [1.54, 1.807) is 17.0 Å². The largest absolute Gasteiger partial charge is 0.331 e. The maximum absolute atomic E-state index is 14.1. The molecule has 1 amide bonds. The number of carbonyl (C=O) groups excluding carboxylic acids is 1. The summed E-state index contributed by atoms with van der Waals surface area (Å²) >= 11 is 6.13. The van der Waals surface area contributed by atoms with Gasteiger partial charge in [0.1, 0.15) is 5.82 Å². The summed E-state index contributed by atoms with van der Waals surface area (Å²) in [7, 11) is 0. The third kappa shape index (κ3) is 3.25. The molecule has 0 unspecified atom stereocenters. The van der Waals surface area contributed by atoms with Gasteiger partial charge in [-0.25, -0.2) is 4.39 Å². The van der Waals surface area contributed by atoms with Crippen molar-refractivity contribution in [3.05, 3.63) is 69.5 Å². The first-order valence-corrected chi connectivity index (χ1v) is 8.17. The van der Waals surface area contributed by atoms with Crippen molar-refractivity contribution in [2.24, 2.45) is 0 Å². The normalized spacial score (nSPS) is 13.9. The minimum Gasteiger partial charge on any atom is -0.331 e. The van der Waals surface area contributed by atoms with E-state index in [0.29, 0.717) is 16.1 Å². The van der Waals surface area contributed by atoms with Gasteiger partial charge in [0.15, 0.2) is 0 Å². The van der Waals surface area contributed by atoms with Crippen molar-refractivity contribution in [3.63, 3.8) is 0 Å². The van der Waals surface area contributed by atoms with Crippen molar-refractivity contribution in [1.82, 2.24) is 4.90 Å². The van der Waals surface area contributed by atoms with Crippen LogP contribution in [0.1, 0.15) is 39.9 Å². The van der Waals surface area contributed by atoms with Gasteiger partial charge in [0.25, 0.3) is 5.91 Å². The molecule has 0 radical (unpaired) electrons. The standard InChI is InChI=1S/C19H19ClFNO/c1-12-5-3-6-15(13(12)2)19(23)22(14-9-10-14)11-16-17(20)7-4-8-18(16)21/h3-8,14H,9-11H2,1-2H3. The van der Waals surface area contributed by atoms with E-state index in [4.69, 9.17) is 11.6 Å². The van der Waals surface area contributed by atoms with Gasteiger partial charge in [-0.3, -0.25) is 4.79 Å². The lowest BCUT2D eigenvalue weighted by molar-refractivity contribution is 0.0727. The van der Waals surface area contributed by atoms with Crippen LogP contribution in [0, 0.1) is 19.7 Å². The smallest absolute Gasteiger partial charge is 0.254 e. The molecule has 1 aliphatic rings. The maximum atomic E-state index is 14.1. The zero-order chi connectivity index (χ0) is 16.6. The first-order valence-electron chi connectivity index (χ1n) is 7.79. The minimum absolute atomic E-state index is 0.0481. The Bertz CT molecular complexity index is 735. The molecule has 120 valence electrons. The van der Waals surface area contributed by atoms with Crippen molar-refractivity contribution in [1.29, 1.82) is 0 Å². The summed E-state index contributed by atoms with van der Waals surface area (Å²) in [5.74, 6) is -0.412. The van der Waals surface area contributed by atoms with E-state index in [-0.39, 0.29) is 24.3 Å². The average molecular weight is 332 g/mol. The van der Waals surface area contributed by atoms with Crippen molar-refractivity contribution in [2.45, 2.75) is 39.3 Å². The molecule has 0 saturated heterocycles. The molecule has 0 aliphatic heterocycles. The molecule has 2 aromatic rings. The summed E-state index contributed by atoms with van der Waals surface area (Å²) < 4.78 is 14.1. The number of aryl methyl sites for hydroxylation is 1. The summed E-state index contributed by atoms with van der Waals surface area (Å²) in [5, 5.41) is 0.365. The van der Waals surface area contributed by atoms with E-state index >= 15 is 0 Å². The molecule has 2 aromatic carbocycles. The Balaban J connectivity index is 1.93. The molecule has 1 aliphatic carbocycles. The summed E-state index contributed by atoms with van der Waals surface area (Å²) in [6, 6.07) is 10.5. The number of benzene rings is 2. The Morgan fingerprint density at radius 2 is 1.91 bits per heavy atom. The van der Waals surface area contributed by atoms with Crippen LogP contribution in [0.25, 0.3) is 0 Å². The summed E-state index contributed by atoms with van der Waals surface area (Å²) in [6.07, 6.45) is 1.92. The quantitative estimate of drug-likeness (QED) is 0.780. The highest BCUT2D eigenvalue weighted by Crippen LogP contribution is 2.32. The second-order valence-corrected chi connectivity index (χ2v) is 6.52. The van der Waals surface area contributed by atoms with Crippen LogP contribution in [-0.4, -0.2) is 16.8 Å². The number of nitrogens with zero attached hydrogens (tertiary/aromatic N) is 1. The van der Waals surface area contributed by atoms with Gasteiger partial charge in [-0.1, -0.05) is 29.8 Å². The Kier molecular flexibility index (Phi) is 4.40. The third-order valence-corrected chi connectivity index (χ3v) is 4.83. The van der Waals surface area contributed by atoms with Crippen LogP contribution in [-0.2, 0) is 6.54 Å². The van der Waals surface area contributed by atoms with E-state index < -0.39 is 0 Å². The van der Waals surface area contributed by atoms with Crippen LogP contribution in [0.15, 0.2) is 36.4 Å². The molecule has 0 aromatic heterocycles. The Hall–Kier alpha value is -1.87. The van der Waals surface area contributed by atoms with Gasteiger partial charge in [-0.05, 0) is 56.0 Å². The van der Waals surface area contributed by atoms with Crippen LogP contribution >= 0.6 is 11.6 Å². The molecule has 0 spiro atoms. The van der Waals surface area contributed by atoms with Crippen molar-refractivity contribution in [2.75, 3.05) is 0 Å². The molecule has 0 N–H and O–H groups in total. The fourth-order valence-electron chi connectivity index (χ4n) is 2.74. The van der Waals surface area contributed by atoms with Gasteiger partial charge in [-0.2, -0.15) is 0 Å². The fourth-order valence-corrected chi connectivity index (χ4v) is 2.97. The Labute approximate surface area is 140 Å². The monoisotopic (exact) mass is 331 g/mol. The second kappa shape index (κ2) is 6.32. The predicted molar refractivity (Wildman–Crippen MR) is 90.2 cm³/mol. The zero-order valence-corrected chi connectivity index (χ0v) is 14.0. The lowest BCUT2D eigenvalue weighted by Gasteiger charge is -2.24. The van der Waals surface area contributed by atoms with Crippen LogP contribution in [0.4, 0.5) is 4.39 Å². The molecule has 23 heavy (non-hydrogen) atoms. The molecule has 2 nitrogen and oxygen atoms in total. The maximum Gasteiger partial charge on any atom is 0.254 e. The van der Waals surface area contributed by atoms with Gasteiger partial charge in [0.2, 0.25) is 0 Å². The minimum atomic E-state index is -0.364. The van der Waals surface area contributed by atoms with Gasteiger partial charge < -0.3 is 4.90 Å². The Morgan fingerprint density at radius 1 is 1.22 bits per heavy atom. The first kappa shape index (κ1) is 16.0. The molecule has 0 bridgehead atoms. The highest BCUT2D eigenvalue weighted by Gasteiger charge is 2.34. The lowest BCUT2D eigenvalue weighted by Crippen LogP contribution is -2.33. The van der Waals surface area contributed by atoms with Crippen LogP contribution in [0.5, 0.6) is 0 Å². The molecular weight excluding hydrogens is 313 g/mol. The number of hydrogen-bond acceptors (Lipinski definition) is 1. The van der Waals surface area contributed by atoms with E-state index in [2.05, 4.69) is 0 Å². The topological polar surface area (TPSA) is 20.3 Å². The molecule has 3 rings (SSSR count). The van der Waals surface area contributed by atoms with E-state index in [9.17, 15) is 9.18 Å². The average Bonchev–Trinajstić information content (AvgIpc) is 3.34. The number of halogens is 2. The second-order valence-electron chi connectivity index (χ2n) is 6.11. The third-order valence-electron chi connectivity index (χ3n) is 4.47. The van der Waals surface area contributed by atoms with Gasteiger partial charge in [0.05, 0.1) is 6.54 Å². The van der Waals surface area contributed by atoms with E-state index in [0.717, 1.165) is 24.0 Å². The molecule has 4 heteroatoms. The van der Waals surface area contributed by atoms with Crippen molar-refractivity contribution >= 4 is 17.5 Å². The molecule has 0 atom stereocenters. The number of rotatable bonds is 4. The molecule has 1 saturated carbocycles. The summed E-state index contributed by atoms with van der Waals surface area (Å²) in [5.41, 5.74) is 3.13. The molecule has 1 fully saturated rings. The summed E-state index contributed by atoms with van der Waals surface area (Å²) in [6.45, 7) is 4.15. The van der Waals surface area contributed by atoms with Gasteiger partial charge in [0, 0.05) is 22.2 Å². The first-order chi connectivity index (χ1) is 11.0. The van der Waals surface area contributed by atoms with Crippen molar-refractivity contribution in [3.8, 4) is 0 Å². The SMILES string of the molecule is Cc1cccc(C(=O)N(Cc2c(F)cccc2Cl)C2CC2)c1C. The van der Waals surface area contributed by atoms with Crippen LogP contribution in [0.3, 0.4) is 0 Å². The fraction of sp³-hybridized carbons (Fsp3) is 0.316. The molecule has 0 heterocycles. The lowest BCUT2D eigenvalue weighted by atomic mass is 10.0. The van der Waals surface area contributed by atoms with E-state index in [1.165, 1.54) is 6.07 Å². The van der Waals surface area contributed by atoms with Crippen LogP contribution < -0.4 is 0 Å². The van der Waals surface area contributed by atoms with Gasteiger partial charge in [-0.15, -0.1) is 0 Å². The predicted octanol–water partition coefficient (Wildman–Crippen LogP) is 4.90. The van der Waals surface area contributed by atoms with Crippen molar-refractivity contribution < 1.29 is 9.18 Å². The zero-order valence-electron chi connectivity index (χ0n) is 13.3.